The fourth-order valence-corrected chi connectivity index (χ4v) is 4.15. The zero-order valence-electron chi connectivity index (χ0n) is 15.7. The van der Waals surface area contributed by atoms with E-state index < -0.39 is 0 Å². The molecule has 8 heteroatoms. The Balaban J connectivity index is 1.47. The maximum Gasteiger partial charge on any atom is 0.329 e. The molecule has 29 heavy (non-hydrogen) atoms. The molecule has 1 N–H and O–H groups in total. The van der Waals surface area contributed by atoms with Crippen molar-refractivity contribution in [1.29, 1.82) is 0 Å². The summed E-state index contributed by atoms with van der Waals surface area (Å²) < 4.78 is 5.01. The lowest BCUT2D eigenvalue weighted by Gasteiger charge is -2.35. The minimum Gasteiger partial charge on any atom is -0.480 e. The lowest BCUT2D eigenvalue weighted by molar-refractivity contribution is 0.248. The monoisotopic (exact) mass is 407 g/mol. The number of fused-ring (bicyclic) bond motifs is 3. The summed E-state index contributed by atoms with van der Waals surface area (Å²) in [6, 6.07) is 11.5. The number of nitrogens with one attached hydrogen (secondary N) is 1. The van der Waals surface area contributed by atoms with Crippen molar-refractivity contribution in [3.63, 3.8) is 0 Å². The largest absolute Gasteiger partial charge is 0.480 e. The number of amides is 2. The maximum atomic E-state index is 13.1. The number of ether oxygens (including phenoxy) is 1. The number of hydrogen-bond acceptors (Lipinski definition) is 5. The van der Waals surface area contributed by atoms with Crippen LogP contribution in [0.15, 0.2) is 48.8 Å². The molecule has 0 radical (unpaired) electrons. The first-order valence-electron chi connectivity index (χ1n) is 9.37. The third-order valence-corrected chi connectivity index (χ3v) is 5.75. The van der Waals surface area contributed by atoms with Gasteiger partial charge < -0.3 is 4.74 Å². The minimum atomic E-state index is -0.256. The number of carbonyl (C=O) groups excluding carboxylic acids is 1. The van der Waals surface area contributed by atoms with Crippen molar-refractivity contribution < 1.29 is 9.53 Å². The number of halogens is 1. The number of benzene rings is 1. The number of carbonyl (C=O) groups is 1. The zero-order valence-corrected chi connectivity index (χ0v) is 16.4. The second kappa shape index (κ2) is 7.00. The summed E-state index contributed by atoms with van der Waals surface area (Å²) in [4.78, 5) is 27.9. The van der Waals surface area contributed by atoms with Crippen molar-refractivity contribution in [2.24, 2.45) is 0 Å². The van der Waals surface area contributed by atoms with E-state index in [-0.39, 0.29) is 12.1 Å². The maximum absolute atomic E-state index is 13.1. The van der Waals surface area contributed by atoms with Gasteiger partial charge in [-0.25, -0.2) is 19.7 Å². The molecule has 2 aromatic heterocycles. The van der Waals surface area contributed by atoms with E-state index in [1.807, 2.05) is 30.3 Å². The normalized spacial score (nSPS) is 19.2. The van der Waals surface area contributed by atoms with E-state index in [0.717, 1.165) is 29.7 Å². The second-order valence-corrected chi connectivity index (χ2v) is 7.55. The molecule has 146 valence electrons. The van der Waals surface area contributed by atoms with Crippen molar-refractivity contribution in [2.75, 3.05) is 17.3 Å². The molecule has 0 saturated heterocycles. The third kappa shape index (κ3) is 3.07. The van der Waals surface area contributed by atoms with Crippen LogP contribution in [0.25, 0.3) is 11.3 Å². The molecule has 2 amide bonds. The number of nitrogens with zero attached hydrogens (tertiary/aromatic N) is 4. The van der Waals surface area contributed by atoms with E-state index in [2.05, 4.69) is 21.4 Å². The standard InChI is InChI=1S/C21H18ClN5O2/c1-29-19-11-23-18(10-24-19)26-21(28)27-17-8-6-14(17)15-5-7-16(25-20(15)27)12-3-2-4-13(22)9-12/h2-5,7,9-11,14,17H,6,8H2,1H3,(H,23,26,28). The van der Waals surface area contributed by atoms with E-state index >= 15 is 0 Å². The zero-order chi connectivity index (χ0) is 20.0. The highest BCUT2D eigenvalue weighted by atomic mass is 35.5. The highest BCUT2D eigenvalue weighted by Gasteiger charge is 2.48. The Morgan fingerprint density at radius 2 is 2.10 bits per heavy atom. The van der Waals surface area contributed by atoms with Crippen molar-refractivity contribution >= 4 is 29.3 Å². The molecule has 1 aliphatic carbocycles. The lowest BCUT2D eigenvalue weighted by Crippen LogP contribution is -2.46. The van der Waals surface area contributed by atoms with Crippen LogP contribution in [-0.4, -0.2) is 34.1 Å². The Bertz CT molecular complexity index is 1090. The van der Waals surface area contributed by atoms with Gasteiger partial charge in [0.05, 0.1) is 25.2 Å². The molecule has 1 aromatic carbocycles. The Morgan fingerprint density at radius 1 is 1.21 bits per heavy atom. The van der Waals surface area contributed by atoms with Crippen LogP contribution in [0.1, 0.15) is 24.3 Å². The first-order chi connectivity index (χ1) is 14.1. The molecule has 0 spiro atoms. The van der Waals surface area contributed by atoms with Gasteiger partial charge >= 0.3 is 6.03 Å². The number of methoxy groups -OCH3 is 1. The number of hydrogen-bond donors (Lipinski definition) is 1. The molecule has 2 unspecified atom stereocenters. The van der Waals surface area contributed by atoms with E-state index in [1.165, 1.54) is 19.5 Å². The van der Waals surface area contributed by atoms with Gasteiger partial charge in [-0.05, 0) is 31.0 Å². The van der Waals surface area contributed by atoms with Gasteiger partial charge in [0.15, 0.2) is 5.82 Å². The summed E-state index contributed by atoms with van der Waals surface area (Å²) in [5.41, 5.74) is 2.82. The summed E-state index contributed by atoms with van der Waals surface area (Å²) in [6.45, 7) is 0. The van der Waals surface area contributed by atoms with Crippen LogP contribution < -0.4 is 15.0 Å². The van der Waals surface area contributed by atoms with Crippen LogP contribution in [0.2, 0.25) is 5.02 Å². The fraction of sp³-hybridized carbons (Fsp3) is 0.238. The van der Waals surface area contributed by atoms with Crippen molar-refractivity contribution in [3.05, 3.63) is 59.4 Å². The van der Waals surface area contributed by atoms with Gasteiger partial charge in [0.2, 0.25) is 5.88 Å². The van der Waals surface area contributed by atoms with Crippen molar-refractivity contribution in [2.45, 2.75) is 24.8 Å². The van der Waals surface area contributed by atoms with Gasteiger partial charge in [-0.15, -0.1) is 0 Å². The van der Waals surface area contributed by atoms with Crippen LogP contribution in [0.5, 0.6) is 5.88 Å². The molecule has 2 atom stereocenters. The number of anilines is 2. The van der Waals surface area contributed by atoms with Crippen molar-refractivity contribution in [1.82, 2.24) is 15.0 Å². The van der Waals surface area contributed by atoms with Crippen LogP contribution in [0.3, 0.4) is 0 Å². The molecule has 7 nitrogen and oxygen atoms in total. The van der Waals surface area contributed by atoms with E-state index in [9.17, 15) is 4.79 Å². The van der Waals surface area contributed by atoms with Crippen LogP contribution in [0, 0.1) is 0 Å². The van der Waals surface area contributed by atoms with Gasteiger partial charge in [-0.2, -0.15) is 0 Å². The first-order valence-corrected chi connectivity index (χ1v) is 9.75. The second-order valence-electron chi connectivity index (χ2n) is 7.12. The first kappa shape index (κ1) is 17.9. The van der Waals surface area contributed by atoms with Crippen LogP contribution >= 0.6 is 11.6 Å². The fourth-order valence-electron chi connectivity index (χ4n) is 3.96. The Hall–Kier alpha value is -3.19. The summed E-state index contributed by atoms with van der Waals surface area (Å²) in [5, 5.41) is 3.48. The smallest absolute Gasteiger partial charge is 0.329 e. The predicted molar refractivity (Wildman–Crippen MR) is 111 cm³/mol. The van der Waals surface area contributed by atoms with Gasteiger partial charge in [0.25, 0.3) is 0 Å². The molecule has 1 fully saturated rings. The molecule has 3 aromatic rings. The number of rotatable bonds is 3. The Morgan fingerprint density at radius 3 is 2.79 bits per heavy atom. The molecule has 2 aliphatic rings. The predicted octanol–water partition coefficient (Wildman–Crippen LogP) is 4.50. The van der Waals surface area contributed by atoms with Crippen LogP contribution in [-0.2, 0) is 0 Å². The SMILES string of the molecule is COc1cnc(NC(=O)N2c3nc(-c4cccc(Cl)c4)ccc3C3CCC32)cn1. The van der Waals surface area contributed by atoms with Gasteiger partial charge in [-0.1, -0.05) is 29.8 Å². The Kier molecular flexibility index (Phi) is 4.32. The lowest BCUT2D eigenvalue weighted by atomic mass is 9.78. The molecule has 0 bridgehead atoms. The minimum absolute atomic E-state index is 0.123. The van der Waals surface area contributed by atoms with Gasteiger partial charge in [-0.3, -0.25) is 10.2 Å². The topological polar surface area (TPSA) is 80.2 Å². The molecular weight excluding hydrogens is 390 g/mol. The quantitative estimate of drug-likeness (QED) is 0.691. The molecule has 5 rings (SSSR count). The highest BCUT2D eigenvalue weighted by Crippen LogP contribution is 2.51. The average Bonchev–Trinajstić information content (AvgIpc) is 2.94. The van der Waals surface area contributed by atoms with Crippen molar-refractivity contribution in [3.8, 4) is 17.1 Å². The average molecular weight is 408 g/mol. The summed E-state index contributed by atoms with van der Waals surface area (Å²) in [7, 11) is 1.52. The highest BCUT2D eigenvalue weighted by molar-refractivity contribution is 6.30. The number of aromatic nitrogens is 3. The molecule has 1 aliphatic heterocycles. The van der Waals surface area contributed by atoms with Gasteiger partial charge in [0, 0.05) is 28.1 Å². The van der Waals surface area contributed by atoms with E-state index in [0.29, 0.717) is 28.5 Å². The summed E-state index contributed by atoms with van der Waals surface area (Å²) in [5.74, 6) is 1.79. The van der Waals surface area contributed by atoms with E-state index in [4.69, 9.17) is 21.3 Å². The number of urea groups is 1. The molecule has 1 saturated carbocycles. The summed E-state index contributed by atoms with van der Waals surface area (Å²) in [6.07, 6.45) is 4.95. The Labute approximate surface area is 172 Å². The van der Waals surface area contributed by atoms with Crippen LogP contribution in [0.4, 0.5) is 16.4 Å². The molecule has 3 heterocycles. The van der Waals surface area contributed by atoms with Gasteiger partial charge in [0.1, 0.15) is 5.82 Å². The molecular formula is C21H18ClN5O2. The van der Waals surface area contributed by atoms with E-state index in [1.54, 1.807) is 4.90 Å². The third-order valence-electron chi connectivity index (χ3n) is 5.51. The number of pyridine rings is 1. The summed E-state index contributed by atoms with van der Waals surface area (Å²) >= 11 is 6.14.